The average molecular weight is 220 g/mol. The molecule has 0 amide bonds. The standard InChI is InChI=1S/C14H24N2/c1-7-10(3)14(9-16-6)11(4)13(8-2)12(5)15/h8-10H,2,7,15H2,1,3-6H3/b13-12-,14-11-,16-9?/t10-/m1/s1. The van der Waals surface area contributed by atoms with E-state index in [2.05, 4.69) is 32.3 Å². The molecule has 0 saturated carbocycles. The van der Waals surface area contributed by atoms with Crippen molar-refractivity contribution in [3.05, 3.63) is 35.1 Å². The van der Waals surface area contributed by atoms with Gasteiger partial charge in [0.1, 0.15) is 0 Å². The van der Waals surface area contributed by atoms with Crippen molar-refractivity contribution in [3.8, 4) is 0 Å². The minimum absolute atomic E-state index is 0.484. The second kappa shape index (κ2) is 7.04. The topological polar surface area (TPSA) is 38.4 Å². The molecule has 0 heterocycles. The second-order valence-electron chi connectivity index (χ2n) is 4.08. The van der Waals surface area contributed by atoms with Crippen molar-refractivity contribution in [3.63, 3.8) is 0 Å². The first-order chi connectivity index (χ1) is 7.49. The minimum Gasteiger partial charge on any atom is -0.402 e. The smallest absolute Gasteiger partial charge is 0.0277 e. The minimum atomic E-state index is 0.484. The van der Waals surface area contributed by atoms with Crippen molar-refractivity contribution in [2.45, 2.75) is 34.1 Å². The molecule has 0 aliphatic rings. The summed E-state index contributed by atoms with van der Waals surface area (Å²) in [6.45, 7) is 12.2. The quantitative estimate of drug-likeness (QED) is 0.559. The van der Waals surface area contributed by atoms with E-state index in [0.717, 1.165) is 17.7 Å². The lowest BCUT2D eigenvalue weighted by Crippen LogP contribution is -2.06. The molecule has 0 aliphatic heterocycles. The lowest BCUT2D eigenvalue weighted by Gasteiger charge is -2.16. The van der Waals surface area contributed by atoms with Gasteiger partial charge in [-0.15, -0.1) is 0 Å². The normalized spacial score (nSPS) is 16.8. The summed E-state index contributed by atoms with van der Waals surface area (Å²) >= 11 is 0. The van der Waals surface area contributed by atoms with E-state index in [1.54, 1.807) is 7.05 Å². The number of hydrogen-bond acceptors (Lipinski definition) is 2. The third kappa shape index (κ3) is 3.69. The van der Waals surface area contributed by atoms with Crippen LogP contribution in [0, 0.1) is 5.92 Å². The fourth-order valence-electron chi connectivity index (χ4n) is 1.72. The van der Waals surface area contributed by atoms with Crippen molar-refractivity contribution < 1.29 is 0 Å². The molecular weight excluding hydrogens is 196 g/mol. The summed E-state index contributed by atoms with van der Waals surface area (Å²) in [4.78, 5) is 4.12. The molecule has 0 radical (unpaired) electrons. The molecule has 90 valence electrons. The summed E-state index contributed by atoms with van der Waals surface area (Å²) in [5.74, 6) is 0.484. The summed E-state index contributed by atoms with van der Waals surface area (Å²) in [5.41, 5.74) is 10.1. The molecule has 0 aromatic rings. The van der Waals surface area contributed by atoms with E-state index in [9.17, 15) is 0 Å². The van der Waals surface area contributed by atoms with Crippen LogP contribution in [0.25, 0.3) is 0 Å². The van der Waals surface area contributed by atoms with Gasteiger partial charge in [-0.05, 0) is 42.9 Å². The lowest BCUT2D eigenvalue weighted by molar-refractivity contribution is 0.675. The Labute approximate surface area is 99.6 Å². The highest BCUT2D eigenvalue weighted by Gasteiger charge is 2.10. The monoisotopic (exact) mass is 220 g/mol. The fourth-order valence-corrected chi connectivity index (χ4v) is 1.72. The Kier molecular flexibility index (Phi) is 6.47. The Morgan fingerprint density at radius 1 is 1.44 bits per heavy atom. The van der Waals surface area contributed by atoms with Crippen molar-refractivity contribution in [1.82, 2.24) is 0 Å². The summed E-state index contributed by atoms with van der Waals surface area (Å²) in [5, 5.41) is 0. The van der Waals surface area contributed by atoms with E-state index < -0.39 is 0 Å². The summed E-state index contributed by atoms with van der Waals surface area (Å²) < 4.78 is 0. The SMILES string of the molecule is C=CC(=C(\C)N)/C(C)=C(/C=NC)[C@H](C)CC. The van der Waals surface area contributed by atoms with Gasteiger partial charge in [0.25, 0.3) is 0 Å². The van der Waals surface area contributed by atoms with Gasteiger partial charge in [-0.1, -0.05) is 26.5 Å². The van der Waals surface area contributed by atoms with Crippen LogP contribution < -0.4 is 5.73 Å². The van der Waals surface area contributed by atoms with E-state index >= 15 is 0 Å². The third-order valence-corrected chi connectivity index (χ3v) is 2.88. The molecule has 0 saturated heterocycles. The van der Waals surface area contributed by atoms with E-state index in [1.165, 1.54) is 11.1 Å². The van der Waals surface area contributed by atoms with Gasteiger partial charge >= 0.3 is 0 Å². The Hall–Kier alpha value is -1.31. The van der Waals surface area contributed by atoms with Crippen LogP contribution in [0.2, 0.25) is 0 Å². The zero-order valence-electron chi connectivity index (χ0n) is 11.2. The largest absolute Gasteiger partial charge is 0.402 e. The molecule has 2 N–H and O–H groups in total. The molecular formula is C14H24N2. The van der Waals surface area contributed by atoms with E-state index in [4.69, 9.17) is 5.73 Å². The van der Waals surface area contributed by atoms with Gasteiger partial charge in [0.15, 0.2) is 0 Å². The average Bonchev–Trinajstić information content (AvgIpc) is 2.25. The van der Waals surface area contributed by atoms with Gasteiger partial charge in [-0.25, -0.2) is 0 Å². The van der Waals surface area contributed by atoms with E-state index in [1.807, 2.05) is 19.2 Å². The first-order valence-electron chi connectivity index (χ1n) is 5.71. The maximum Gasteiger partial charge on any atom is 0.0277 e. The van der Waals surface area contributed by atoms with Crippen LogP contribution in [0.3, 0.4) is 0 Å². The molecule has 0 aromatic heterocycles. The number of nitrogens with two attached hydrogens (primary N) is 1. The Bertz CT molecular complexity index is 329. The maximum atomic E-state index is 5.85. The lowest BCUT2D eigenvalue weighted by atomic mass is 9.91. The molecule has 1 atom stereocenters. The number of hydrogen-bond donors (Lipinski definition) is 1. The Morgan fingerprint density at radius 2 is 2.00 bits per heavy atom. The molecule has 0 bridgehead atoms. The number of allylic oxidation sites excluding steroid dienone is 5. The Morgan fingerprint density at radius 3 is 2.31 bits per heavy atom. The fraction of sp³-hybridized carbons (Fsp3) is 0.500. The van der Waals surface area contributed by atoms with Crippen LogP contribution in [0.5, 0.6) is 0 Å². The van der Waals surface area contributed by atoms with Gasteiger partial charge < -0.3 is 5.73 Å². The van der Waals surface area contributed by atoms with Gasteiger partial charge in [0, 0.05) is 19.0 Å². The van der Waals surface area contributed by atoms with E-state index in [0.29, 0.717) is 5.92 Å². The van der Waals surface area contributed by atoms with Crippen LogP contribution in [-0.2, 0) is 0 Å². The van der Waals surface area contributed by atoms with Crippen molar-refractivity contribution in [2.24, 2.45) is 16.6 Å². The molecule has 0 aromatic carbocycles. The molecule has 0 rings (SSSR count). The highest BCUT2D eigenvalue weighted by molar-refractivity contribution is 5.81. The summed E-state index contributed by atoms with van der Waals surface area (Å²) in [6.07, 6.45) is 4.83. The number of nitrogens with zero attached hydrogens (tertiary/aromatic N) is 1. The zero-order valence-corrected chi connectivity index (χ0v) is 11.2. The van der Waals surface area contributed by atoms with Crippen LogP contribution in [0.15, 0.2) is 40.1 Å². The first-order valence-corrected chi connectivity index (χ1v) is 5.71. The summed E-state index contributed by atoms with van der Waals surface area (Å²) in [6, 6.07) is 0. The third-order valence-electron chi connectivity index (χ3n) is 2.88. The molecule has 0 fully saturated rings. The van der Waals surface area contributed by atoms with Gasteiger partial charge in [-0.3, -0.25) is 4.99 Å². The van der Waals surface area contributed by atoms with E-state index in [-0.39, 0.29) is 0 Å². The first kappa shape index (κ1) is 14.7. The second-order valence-corrected chi connectivity index (χ2v) is 4.08. The van der Waals surface area contributed by atoms with Gasteiger partial charge in [-0.2, -0.15) is 0 Å². The molecule has 0 aliphatic carbocycles. The van der Waals surface area contributed by atoms with Crippen LogP contribution >= 0.6 is 0 Å². The predicted octanol–water partition coefficient (Wildman–Crippen LogP) is 3.47. The predicted molar refractivity (Wildman–Crippen MR) is 73.7 cm³/mol. The molecule has 2 nitrogen and oxygen atoms in total. The maximum absolute atomic E-state index is 5.85. The molecule has 16 heavy (non-hydrogen) atoms. The van der Waals surface area contributed by atoms with Crippen molar-refractivity contribution in [2.75, 3.05) is 7.05 Å². The Balaban J connectivity index is 5.60. The van der Waals surface area contributed by atoms with Crippen LogP contribution in [0.1, 0.15) is 34.1 Å². The highest BCUT2D eigenvalue weighted by Crippen LogP contribution is 2.23. The van der Waals surface area contributed by atoms with Crippen molar-refractivity contribution >= 4 is 6.21 Å². The summed E-state index contributed by atoms with van der Waals surface area (Å²) in [7, 11) is 1.79. The van der Waals surface area contributed by atoms with Gasteiger partial charge in [0.05, 0.1) is 0 Å². The van der Waals surface area contributed by atoms with Gasteiger partial charge in [0.2, 0.25) is 0 Å². The number of rotatable bonds is 5. The number of aliphatic imine (C=N–C) groups is 1. The van der Waals surface area contributed by atoms with Crippen LogP contribution in [-0.4, -0.2) is 13.3 Å². The van der Waals surface area contributed by atoms with Crippen molar-refractivity contribution in [1.29, 1.82) is 0 Å². The molecule has 0 spiro atoms. The zero-order chi connectivity index (χ0) is 12.7. The highest BCUT2D eigenvalue weighted by atomic mass is 14.6. The molecule has 2 heteroatoms. The van der Waals surface area contributed by atoms with Crippen LogP contribution in [0.4, 0.5) is 0 Å². The molecule has 0 unspecified atom stereocenters.